The standard InChI is InChI=1S/C26H33N7O2/c1-17(2)33-26-23(14-30-33)25(32(5)20-12-28-16-29-13-20)10-24(31-26)19-7-21(34-6)9-22(8-19)35-15-18(3)11-27-4/h7-10,12-14,16-18,27H,11,15H2,1-6H3. The number of anilines is 2. The van der Waals surface area contributed by atoms with E-state index in [2.05, 4.69) is 52.1 Å². The van der Waals surface area contributed by atoms with Crippen LogP contribution in [0, 0.1) is 5.92 Å². The Morgan fingerprint density at radius 3 is 2.46 bits per heavy atom. The summed E-state index contributed by atoms with van der Waals surface area (Å²) in [6.07, 6.45) is 6.97. The van der Waals surface area contributed by atoms with Gasteiger partial charge in [0.15, 0.2) is 5.65 Å². The normalized spacial score (nSPS) is 12.2. The lowest BCUT2D eigenvalue weighted by Gasteiger charge is -2.21. The summed E-state index contributed by atoms with van der Waals surface area (Å²) in [5, 5.41) is 8.76. The van der Waals surface area contributed by atoms with Crippen LogP contribution in [0.25, 0.3) is 22.3 Å². The molecule has 1 unspecified atom stereocenters. The van der Waals surface area contributed by atoms with E-state index >= 15 is 0 Å². The summed E-state index contributed by atoms with van der Waals surface area (Å²) in [6, 6.07) is 8.11. The number of methoxy groups -OCH3 is 1. The lowest BCUT2D eigenvalue weighted by Crippen LogP contribution is -2.21. The molecule has 4 rings (SSSR count). The van der Waals surface area contributed by atoms with Crippen LogP contribution in [0.4, 0.5) is 11.4 Å². The lowest BCUT2D eigenvalue weighted by molar-refractivity contribution is 0.257. The maximum Gasteiger partial charge on any atom is 0.160 e. The molecule has 1 aromatic carbocycles. The van der Waals surface area contributed by atoms with Gasteiger partial charge in [-0.05, 0) is 39.1 Å². The first-order chi connectivity index (χ1) is 16.9. The van der Waals surface area contributed by atoms with Crippen molar-refractivity contribution in [1.82, 2.24) is 30.0 Å². The van der Waals surface area contributed by atoms with Crippen molar-refractivity contribution >= 4 is 22.4 Å². The fourth-order valence-electron chi connectivity index (χ4n) is 3.98. The van der Waals surface area contributed by atoms with Crippen LogP contribution < -0.4 is 19.7 Å². The average Bonchev–Trinajstić information content (AvgIpc) is 3.31. The minimum Gasteiger partial charge on any atom is -0.497 e. The molecule has 0 amide bonds. The summed E-state index contributed by atoms with van der Waals surface area (Å²) in [5.74, 6) is 1.83. The van der Waals surface area contributed by atoms with Gasteiger partial charge in [0.2, 0.25) is 0 Å². The first kappa shape index (κ1) is 24.4. The number of pyridine rings is 1. The van der Waals surface area contributed by atoms with Gasteiger partial charge in [-0.3, -0.25) is 0 Å². The Hall–Kier alpha value is -3.72. The highest BCUT2D eigenvalue weighted by Gasteiger charge is 2.18. The van der Waals surface area contributed by atoms with E-state index in [0.717, 1.165) is 46.0 Å². The summed E-state index contributed by atoms with van der Waals surface area (Å²) in [7, 11) is 5.60. The second-order valence-corrected chi connectivity index (χ2v) is 8.97. The molecule has 1 atom stereocenters. The zero-order chi connectivity index (χ0) is 24.9. The molecule has 184 valence electrons. The van der Waals surface area contributed by atoms with Gasteiger partial charge in [0.25, 0.3) is 0 Å². The predicted octanol–water partition coefficient (Wildman–Crippen LogP) is 4.48. The molecule has 0 bridgehead atoms. The highest BCUT2D eigenvalue weighted by molar-refractivity contribution is 5.94. The average molecular weight is 476 g/mol. The summed E-state index contributed by atoms with van der Waals surface area (Å²) in [5.41, 5.74) is 4.34. The van der Waals surface area contributed by atoms with Crippen molar-refractivity contribution in [3.05, 3.63) is 49.2 Å². The van der Waals surface area contributed by atoms with Crippen LogP contribution in [-0.4, -0.2) is 59.1 Å². The number of rotatable bonds is 10. The number of nitrogens with zero attached hydrogens (tertiary/aromatic N) is 6. The molecule has 0 radical (unpaired) electrons. The van der Waals surface area contributed by atoms with E-state index in [-0.39, 0.29) is 6.04 Å². The van der Waals surface area contributed by atoms with Gasteiger partial charge in [0.05, 0.1) is 54.8 Å². The molecule has 35 heavy (non-hydrogen) atoms. The van der Waals surface area contributed by atoms with Crippen LogP contribution in [0.3, 0.4) is 0 Å². The van der Waals surface area contributed by atoms with Crippen LogP contribution in [0.1, 0.15) is 26.8 Å². The highest BCUT2D eigenvalue weighted by Crippen LogP contribution is 2.36. The van der Waals surface area contributed by atoms with Gasteiger partial charge in [0.1, 0.15) is 17.8 Å². The minimum atomic E-state index is 0.159. The first-order valence-corrected chi connectivity index (χ1v) is 11.7. The third-order valence-electron chi connectivity index (χ3n) is 5.83. The maximum atomic E-state index is 6.11. The number of hydrogen-bond donors (Lipinski definition) is 1. The summed E-state index contributed by atoms with van der Waals surface area (Å²) in [6.45, 7) is 7.82. The number of ether oxygens (including phenoxy) is 2. The lowest BCUT2D eigenvalue weighted by atomic mass is 10.1. The zero-order valence-electron chi connectivity index (χ0n) is 21.2. The van der Waals surface area contributed by atoms with Gasteiger partial charge in [-0.1, -0.05) is 6.92 Å². The predicted molar refractivity (Wildman–Crippen MR) is 139 cm³/mol. The third-order valence-corrected chi connectivity index (χ3v) is 5.83. The quantitative estimate of drug-likeness (QED) is 0.359. The fourth-order valence-corrected chi connectivity index (χ4v) is 3.98. The number of hydrogen-bond acceptors (Lipinski definition) is 8. The molecule has 0 saturated heterocycles. The van der Waals surface area contributed by atoms with Crippen LogP contribution in [0.15, 0.2) is 49.2 Å². The molecule has 3 heterocycles. The summed E-state index contributed by atoms with van der Waals surface area (Å²) < 4.78 is 13.6. The van der Waals surface area contributed by atoms with E-state index in [0.29, 0.717) is 18.3 Å². The molecule has 9 heteroatoms. The number of aromatic nitrogens is 5. The molecule has 3 aromatic heterocycles. The molecule has 0 fully saturated rings. The molecule has 9 nitrogen and oxygen atoms in total. The van der Waals surface area contributed by atoms with Gasteiger partial charge < -0.3 is 19.7 Å². The van der Waals surface area contributed by atoms with Crippen molar-refractivity contribution in [2.24, 2.45) is 5.92 Å². The van der Waals surface area contributed by atoms with Crippen LogP contribution in [0.2, 0.25) is 0 Å². The second kappa shape index (κ2) is 10.7. The summed E-state index contributed by atoms with van der Waals surface area (Å²) in [4.78, 5) is 15.4. The Morgan fingerprint density at radius 1 is 1.03 bits per heavy atom. The van der Waals surface area contributed by atoms with Crippen molar-refractivity contribution in [3.63, 3.8) is 0 Å². The molecule has 0 saturated carbocycles. The monoisotopic (exact) mass is 475 g/mol. The molecule has 4 aromatic rings. The Kier molecular flexibility index (Phi) is 7.45. The minimum absolute atomic E-state index is 0.159. The van der Waals surface area contributed by atoms with E-state index in [1.807, 2.05) is 43.2 Å². The smallest absolute Gasteiger partial charge is 0.160 e. The molecular formula is C26H33N7O2. The van der Waals surface area contributed by atoms with Crippen molar-refractivity contribution in [2.45, 2.75) is 26.8 Å². The van der Waals surface area contributed by atoms with Gasteiger partial charge >= 0.3 is 0 Å². The van der Waals surface area contributed by atoms with E-state index in [1.165, 1.54) is 6.33 Å². The van der Waals surface area contributed by atoms with Crippen molar-refractivity contribution in [2.75, 3.05) is 39.3 Å². The molecule has 1 N–H and O–H groups in total. The van der Waals surface area contributed by atoms with Gasteiger partial charge in [-0.15, -0.1) is 0 Å². The maximum absolute atomic E-state index is 6.11. The molecule has 0 aliphatic rings. The fraction of sp³-hybridized carbons (Fsp3) is 0.385. The molecule has 0 spiro atoms. The Bertz CT molecular complexity index is 1270. The molecule has 0 aliphatic carbocycles. The number of nitrogens with one attached hydrogen (secondary N) is 1. The van der Waals surface area contributed by atoms with Crippen molar-refractivity contribution < 1.29 is 9.47 Å². The van der Waals surface area contributed by atoms with Crippen LogP contribution in [-0.2, 0) is 0 Å². The zero-order valence-corrected chi connectivity index (χ0v) is 21.2. The SMILES string of the molecule is CNCC(C)COc1cc(OC)cc(-c2cc(N(C)c3cncnc3)c3cnn(C(C)C)c3n2)c1. The van der Waals surface area contributed by atoms with Gasteiger partial charge in [-0.2, -0.15) is 5.10 Å². The number of fused-ring (bicyclic) bond motifs is 1. The molecule has 0 aliphatic heterocycles. The first-order valence-electron chi connectivity index (χ1n) is 11.7. The number of benzene rings is 1. The second-order valence-electron chi connectivity index (χ2n) is 8.97. The van der Waals surface area contributed by atoms with Crippen molar-refractivity contribution in [3.8, 4) is 22.8 Å². The Balaban J connectivity index is 1.82. The van der Waals surface area contributed by atoms with Gasteiger partial charge in [-0.25, -0.2) is 19.6 Å². The van der Waals surface area contributed by atoms with Crippen molar-refractivity contribution in [1.29, 1.82) is 0 Å². The largest absolute Gasteiger partial charge is 0.497 e. The molecular weight excluding hydrogens is 442 g/mol. The Morgan fingerprint density at radius 2 is 1.77 bits per heavy atom. The Labute approximate surface area is 206 Å². The summed E-state index contributed by atoms with van der Waals surface area (Å²) >= 11 is 0. The topological polar surface area (TPSA) is 90.2 Å². The van der Waals surface area contributed by atoms with E-state index < -0.39 is 0 Å². The third kappa shape index (κ3) is 5.35. The van der Waals surface area contributed by atoms with E-state index in [9.17, 15) is 0 Å². The van der Waals surface area contributed by atoms with Crippen LogP contribution in [0.5, 0.6) is 11.5 Å². The van der Waals surface area contributed by atoms with E-state index in [1.54, 1.807) is 19.5 Å². The van der Waals surface area contributed by atoms with Crippen LogP contribution >= 0.6 is 0 Å². The van der Waals surface area contributed by atoms with Gasteiger partial charge in [0, 0.05) is 37.2 Å². The highest BCUT2D eigenvalue weighted by atomic mass is 16.5. The van der Waals surface area contributed by atoms with E-state index in [4.69, 9.17) is 14.5 Å².